The molecule has 0 bridgehead atoms. The van der Waals surface area contributed by atoms with Crippen molar-refractivity contribution in [1.29, 1.82) is 0 Å². The second-order valence-electron chi connectivity index (χ2n) is 6.17. The molecule has 0 spiro atoms. The molecule has 0 saturated carbocycles. The van der Waals surface area contributed by atoms with Gasteiger partial charge in [0.1, 0.15) is 5.82 Å². The zero-order chi connectivity index (χ0) is 14.1. The van der Waals surface area contributed by atoms with E-state index >= 15 is 0 Å². The van der Waals surface area contributed by atoms with Gasteiger partial charge in [0.2, 0.25) is 0 Å². The molecule has 1 aliphatic heterocycles. The van der Waals surface area contributed by atoms with E-state index in [2.05, 4.69) is 42.8 Å². The number of hydrogen-bond donors (Lipinski definition) is 1. The largest absolute Gasteiger partial charge is 0.328 e. The van der Waals surface area contributed by atoms with E-state index in [0.717, 1.165) is 17.9 Å². The molecular weight excluding hydrogens is 246 g/mol. The summed E-state index contributed by atoms with van der Waals surface area (Å²) in [5.41, 5.74) is 5.12. The summed E-state index contributed by atoms with van der Waals surface area (Å²) in [5, 5.41) is 3.64. The summed E-state index contributed by atoms with van der Waals surface area (Å²) >= 11 is 0. The van der Waals surface area contributed by atoms with Crippen molar-refractivity contribution < 1.29 is 0 Å². The van der Waals surface area contributed by atoms with Gasteiger partial charge in [0.15, 0.2) is 0 Å². The number of imidazole rings is 1. The van der Waals surface area contributed by atoms with E-state index in [1.807, 2.05) is 0 Å². The summed E-state index contributed by atoms with van der Waals surface area (Å²) in [4.78, 5) is 4.72. The van der Waals surface area contributed by atoms with Gasteiger partial charge in [-0.15, -0.1) is 0 Å². The van der Waals surface area contributed by atoms with Crippen LogP contribution >= 0.6 is 0 Å². The molecule has 3 nitrogen and oxygen atoms in total. The second kappa shape index (κ2) is 5.57. The molecule has 1 aromatic carbocycles. The molecule has 0 aliphatic carbocycles. The van der Waals surface area contributed by atoms with Gasteiger partial charge in [-0.05, 0) is 69.8 Å². The van der Waals surface area contributed by atoms with Crippen molar-refractivity contribution in [3.63, 3.8) is 0 Å². The Hall–Kier alpha value is -1.35. The third-order valence-electron chi connectivity index (χ3n) is 4.67. The lowest BCUT2D eigenvalue weighted by atomic mass is 10.0. The minimum absolute atomic E-state index is 0.687. The molecule has 2 heterocycles. The number of piperidine rings is 1. The van der Waals surface area contributed by atoms with Gasteiger partial charge in [0.25, 0.3) is 0 Å². The predicted molar refractivity (Wildman–Crippen MR) is 84.2 cm³/mol. The highest BCUT2D eigenvalue weighted by molar-refractivity contribution is 5.78. The van der Waals surface area contributed by atoms with Gasteiger partial charge in [-0.25, -0.2) is 4.98 Å². The van der Waals surface area contributed by atoms with Gasteiger partial charge in [-0.2, -0.15) is 0 Å². The molecule has 20 heavy (non-hydrogen) atoms. The normalized spacial score (nSPS) is 19.6. The lowest BCUT2D eigenvalue weighted by molar-refractivity contribution is 0.367. The number of fused-ring (bicyclic) bond motifs is 1. The van der Waals surface area contributed by atoms with Gasteiger partial charge < -0.3 is 9.88 Å². The van der Waals surface area contributed by atoms with Crippen molar-refractivity contribution in [3.8, 4) is 0 Å². The van der Waals surface area contributed by atoms with Crippen LogP contribution < -0.4 is 5.32 Å². The first kappa shape index (κ1) is 13.6. The minimum Gasteiger partial charge on any atom is -0.328 e. The summed E-state index contributed by atoms with van der Waals surface area (Å²) in [6.45, 7) is 8.73. The SMILES string of the molecule is Cc1cc2nc(C)n(CCC3CCCCN3)c2cc1C. The van der Waals surface area contributed by atoms with Crippen molar-refractivity contribution in [2.45, 2.75) is 59.0 Å². The zero-order valence-corrected chi connectivity index (χ0v) is 12.9. The van der Waals surface area contributed by atoms with Crippen LogP contribution in [0.4, 0.5) is 0 Å². The predicted octanol–water partition coefficient (Wildman–Crippen LogP) is 3.49. The third-order valence-corrected chi connectivity index (χ3v) is 4.67. The van der Waals surface area contributed by atoms with Crippen LogP contribution in [0, 0.1) is 20.8 Å². The molecule has 1 aliphatic rings. The standard InChI is InChI=1S/C17H25N3/c1-12-10-16-17(11-13(12)2)20(14(3)19-16)9-7-15-6-4-5-8-18-15/h10-11,15,18H,4-9H2,1-3H3. The molecule has 1 fully saturated rings. The van der Waals surface area contributed by atoms with E-state index in [0.29, 0.717) is 6.04 Å². The fraction of sp³-hybridized carbons (Fsp3) is 0.588. The van der Waals surface area contributed by atoms with E-state index < -0.39 is 0 Å². The summed E-state index contributed by atoms with van der Waals surface area (Å²) in [6.07, 6.45) is 5.24. The number of aromatic nitrogens is 2. The van der Waals surface area contributed by atoms with Crippen molar-refractivity contribution in [1.82, 2.24) is 14.9 Å². The van der Waals surface area contributed by atoms with Crippen LogP contribution in [0.1, 0.15) is 42.6 Å². The molecule has 0 amide bonds. The first-order valence-corrected chi connectivity index (χ1v) is 7.82. The molecule has 0 radical (unpaired) electrons. The van der Waals surface area contributed by atoms with Crippen molar-refractivity contribution in [2.24, 2.45) is 0 Å². The van der Waals surface area contributed by atoms with E-state index in [4.69, 9.17) is 4.98 Å². The topological polar surface area (TPSA) is 29.9 Å². The Labute approximate surface area is 121 Å². The smallest absolute Gasteiger partial charge is 0.106 e. The van der Waals surface area contributed by atoms with Crippen LogP contribution in [-0.4, -0.2) is 22.1 Å². The molecule has 1 unspecified atom stereocenters. The van der Waals surface area contributed by atoms with Crippen LogP contribution in [0.15, 0.2) is 12.1 Å². The number of benzene rings is 1. The summed E-state index contributed by atoms with van der Waals surface area (Å²) in [5.74, 6) is 1.14. The summed E-state index contributed by atoms with van der Waals surface area (Å²) < 4.78 is 2.39. The lowest BCUT2D eigenvalue weighted by Crippen LogP contribution is -2.34. The van der Waals surface area contributed by atoms with E-state index in [1.54, 1.807) is 0 Å². The van der Waals surface area contributed by atoms with Crippen LogP contribution in [-0.2, 0) is 6.54 Å². The average Bonchev–Trinajstić information content (AvgIpc) is 2.73. The highest BCUT2D eigenvalue weighted by Crippen LogP contribution is 2.21. The van der Waals surface area contributed by atoms with Crippen molar-refractivity contribution in [3.05, 3.63) is 29.1 Å². The maximum Gasteiger partial charge on any atom is 0.106 e. The summed E-state index contributed by atoms with van der Waals surface area (Å²) in [7, 11) is 0. The fourth-order valence-corrected chi connectivity index (χ4v) is 3.24. The molecule has 1 aromatic heterocycles. The fourth-order valence-electron chi connectivity index (χ4n) is 3.24. The first-order valence-electron chi connectivity index (χ1n) is 7.82. The van der Waals surface area contributed by atoms with Crippen molar-refractivity contribution >= 4 is 11.0 Å². The molecule has 2 aromatic rings. The van der Waals surface area contributed by atoms with E-state index in [9.17, 15) is 0 Å². The quantitative estimate of drug-likeness (QED) is 0.926. The van der Waals surface area contributed by atoms with E-state index in [1.165, 1.54) is 48.9 Å². The Bertz CT molecular complexity index is 606. The maximum atomic E-state index is 4.72. The molecule has 108 valence electrons. The van der Waals surface area contributed by atoms with Crippen LogP contribution in [0.5, 0.6) is 0 Å². The molecule has 1 atom stereocenters. The van der Waals surface area contributed by atoms with Crippen LogP contribution in [0.25, 0.3) is 11.0 Å². The molecule has 3 rings (SSSR count). The monoisotopic (exact) mass is 271 g/mol. The number of hydrogen-bond acceptors (Lipinski definition) is 2. The Kier molecular flexibility index (Phi) is 3.79. The second-order valence-corrected chi connectivity index (χ2v) is 6.17. The zero-order valence-electron chi connectivity index (χ0n) is 12.9. The number of nitrogens with zero attached hydrogens (tertiary/aromatic N) is 2. The minimum atomic E-state index is 0.687. The average molecular weight is 271 g/mol. The lowest BCUT2D eigenvalue weighted by Gasteiger charge is -2.23. The van der Waals surface area contributed by atoms with Crippen molar-refractivity contribution in [2.75, 3.05) is 6.54 Å². The molecular formula is C17H25N3. The van der Waals surface area contributed by atoms with Gasteiger partial charge in [-0.1, -0.05) is 6.42 Å². The Morgan fingerprint density at radius 3 is 2.75 bits per heavy atom. The Morgan fingerprint density at radius 2 is 2.00 bits per heavy atom. The summed E-state index contributed by atoms with van der Waals surface area (Å²) in [6, 6.07) is 5.19. The number of aryl methyl sites for hydroxylation is 4. The molecule has 1 saturated heterocycles. The highest BCUT2D eigenvalue weighted by atomic mass is 15.1. The third kappa shape index (κ3) is 2.59. The highest BCUT2D eigenvalue weighted by Gasteiger charge is 2.14. The first-order chi connectivity index (χ1) is 9.65. The van der Waals surface area contributed by atoms with Gasteiger partial charge >= 0.3 is 0 Å². The van der Waals surface area contributed by atoms with Crippen LogP contribution in [0.2, 0.25) is 0 Å². The molecule has 3 heteroatoms. The van der Waals surface area contributed by atoms with Gasteiger partial charge in [-0.3, -0.25) is 0 Å². The molecule has 1 N–H and O–H groups in total. The Morgan fingerprint density at radius 1 is 1.20 bits per heavy atom. The number of nitrogens with one attached hydrogen (secondary N) is 1. The maximum absolute atomic E-state index is 4.72. The Balaban J connectivity index is 1.83. The van der Waals surface area contributed by atoms with Crippen LogP contribution in [0.3, 0.4) is 0 Å². The van der Waals surface area contributed by atoms with Gasteiger partial charge in [0.05, 0.1) is 11.0 Å². The van der Waals surface area contributed by atoms with Gasteiger partial charge in [0, 0.05) is 12.6 Å². The van der Waals surface area contributed by atoms with E-state index in [-0.39, 0.29) is 0 Å². The number of rotatable bonds is 3.